The van der Waals surface area contributed by atoms with Crippen LogP contribution in [0.2, 0.25) is 0 Å². The maximum Gasteiger partial charge on any atom is 0.266 e. The summed E-state index contributed by atoms with van der Waals surface area (Å²) >= 11 is 0. The Morgan fingerprint density at radius 3 is 2.28 bits per heavy atom. The Kier molecular flexibility index (Phi) is 9.53. The number of hydrogen-bond donors (Lipinski definition) is 0. The number of para-hydroxylation sites is 1. The molecule has 0 N–H and O–H groups in total. The molecule has 6 nitrogen and oxygen atoms in total. The highest BCUT2D eigenvalue weighted by atomic mass is 16.5. The molecular formula is C33H39N3O3. The van der Waals surface area contributed by atoms with Crippen LogP contribution in [0.3, 0.4) is 0 Å². The number of aryl methyl sites for hydroxylation is 1. The van der Waals surface area contributed by atoms with E-state index in [2.05, 4.69) is 20.8 Å². The fraction of sp³-hybridized carbons (Fsp3) is 0.364. The molecule has 1 atom stereocenters. The van der Waals surface area contributed by atoms with Crippen LogP contribution in [0.5, 0.6) is 5.75 Å². The van der Waals surface area contributed by atoms with Crippen molar-refractivity contribution in [1.82, 2.24) is 14.5 Å². The normalized spacial score (nSPS) is 11.9. The number of ether oxygens (including phenoxy) is 1. The number of aromatic nitrogens is 2. The Labute approximate surface area is 231 Å². The van der Waals surface area contributed by atoms with Crippen LogP contribution in [0.1, 0.15) is 80.7 Å². The lowest BCUT2D eigenvalue weighted by atomic mass is 10.1. The van der Waals surface area contributed by atoms with Gasteiger partial charge in [0, 0.05) is 12.1 Å². The zero-order valence-corrected chi connectivity index (χ0v) is 23.5. The van der Waals surface area contributed by atoms with Gasteiger partial charge in [-0.05, 0) is 73.4 Å². The SMILES string of the molecule is CCCCCCN(C(=O)c1ccc(OC)cc1)C(CC)c1nc2ccccc2c(=O)n1-c1ccc(CC)cc1. The van der Waals surface area contributed by atoms with Crippen molar-refractivity contribution in [3.63, 3.8) is 0 Å². The van der Waals surface area contributed by atoms with Gasteiger partial charge in [0.1, 0.15) is 11.6 Å². The van der Waals surface area contributed by atoms with Gasteiger partial charge in [-0.25, -0.2) is 4.98 Å². The van der Waals surface area contributed by atoms with Crippen LogP contribution in [0.25, 0.3) is 16.6 Å². The molecule has 0 bridgehead atoms. The number of fused-ring (bicyclic) bond motifs is 1. The van der Waals surface area contributed by atoms with Crippen LogP contribution in [-0.2, 0) is 6.42 Å². The zero-order valence-electron chi connectivity index (χ0n) is 23.5. The lowest BCUT2D eigenvalue weighted by Crippen LogP contribution is -2.39. The third-order valence-corrected chi connectivity index (χ3v) is 7.32. The third-order valence-electron chi connectivity index (χ3n) is 7.32. The van der Waals surface area contributed by atoms with Gasteiger partial charge >= 0.3 is 0 Å². The van der Waals surface area contributed by atoms with Crippen LogP contribution in [-0.4, -0.2) is 34.0 Å². The van der Waals surface area contributed by atoms with Crippen molar-refractivity contribution < 1.29 is 9.53 Å². The van der Waals surface area contributed by atoms with Crippen LogP contribution in [0.15, 0.2) is 77.6 Å². The fourth-order valence-corrected chi connectivity index (χ4v) is 5.05. The largest absolute Gasteiger partial charge is 0.497 e. The maximum absolute atomic E-state index is 14.0. The second-order valence-corrected chi connectivity index (χ2v) is 9.86. The molecule has 4 aromatic rings. The van der Waals surface area contributed by atoms with Gasteiger partial charge in [0.15, 0.2) is 0 Å². The van der Waals surface area contributed by atoms with E-state index in [0.29, 0.717) is 41.0 Å². The smallest absolute Gasteiger partial charge is 0.266 e. The molecule has 39 heavy (non-hydrogen) atoms. The van der Waals surface area contributed by atoms with E-state index >= 15 is 0 Å². The molecule has 3 aromatic carbocycles. The van der Waals surface area contributed by atoms with Crippen molar-refractivity contribution in [3.05, 3.63) is 100 Å². The number of benzene rings is 3. The monoisotopic (exact) mass is 525 g/mol. The standard InChI is InChI=1S/C33H39N3O3/c1-5-8-9-12-23-35(32(37)25-17-21-27(39-4)22-18-25)30(7-3)31-34-29-14-11-10-13-28(29)33(38)36(31)26-19-15-24(6-2)16-20-26/h10-11,13-22,30H,5-9,12,23H2,1-4H3. The van der Waals surface area contributed by atoms with Gasteiger partial charge in [-0.1, -0.05) is 64.3 Å². The van der Waals surface area contributed by atoms with E-state index in [1.54, 1.807) is 23.8 Å². The summed E-state index contributed by atoms with van der Waals surface area (Å²) in [6.45, 7) is 6.92. The summed E-state index contributed by atoms with van der Waals surface area (Å²) in [6, 6.07) is 22.3. The molecule has 0 saturated carbocycles. The summed E-state index contributed by atoms with van der Waals surface area (Å²) in [5.74, 6) is 1.22. The van der Waals surface area contributed by atoms with Gasteiger partial charge in [0.25, 0.3) is 11.5 Å². The minimum Gasteiger partial charge on any atom is -0.497 e. The lowest BCUT2D eigenvalue weighted by Gasteiger charge is -2.32. The molecule has 4 rings (SSSR count). The first-order chi connectivity index (χ1) is 19.0. The Morgan fingerprint density at radius 2 is 1.64 bits per heavy atom. The second-order valence-electron chi connectivity index (χ2n) is 9.86. The molecular weight excluding hydrogens is 486 g/mol. The molecule has 0 aliphatic heterocycles. The molecule has 1 heterocycles. The molecule has 0 radical (unpaired) electrons. The molecule has 1 aromatic heterocycles. The fourth-order valence-electron chi connectivity index (χ4n) is 5.05. The maximum atomic E-state index is 14.0. The van der Waals surface area contributed by atoms with Gasteiger partial charge in [-0.2, -0.15) is 0 Å². The van der Waals surface area contributed by atoms with E-state index in [0.717, 1.165) is 37.8 Å². The van der Waals surface area contributed by atoms with Gasteiger partial charge in [0.2, 0.25) is 0 Å². The van der Waals surface area contributed by atoms with E-state index in [1.807, 2.05) is 65.6 Å². The van der Waals surface area contributed by atoms with E-state index < -0.39 is 0 Å². The number of amides is 1. The summed E-state index contributed by atoms with van der Waals surface area (Å²) in [6.07, 6.45) is 5.68. The number of carbonyl (C=O) groups excluding carboxylic acids is 1. The molecule has 0 aliphatic rings. The van der Waals surface area contributed by atoms with Gasteiger partial charge in [-0.15, -0.1) is 0 Å². The van der Waals surface area contributed by atoms with E-state index in [4.69, 9.17) is 9.72 Å². The predicted octanol–water partition coefficient (Wildman–Crippen LogP) is 7.13. The molecule has 0 saturated heterocycles. The Morgan fingerprint density at radius 1 is 0.923 bits per heavy atom. The second kappa shape index (κ2) is 13.2. The summed E-state index contributed by atoms with van der Waals surface area (Å²) in [5, 5.41) is 0.562. The van der Waals surface area contributed by atoms with Crippen molar-refractivity contribution in [2.75, 3.05) is 13.7 Å². The minimum absolute atomic E-state index is 0.0729. The molecule has 0 aliphatic carbocycles. The highest BCUT2D eigenvalue weighted by Gasteiger charge is 2.29. The highest BCUT2D eigenvalue weighted by molar-refractivity contribution is 5.94. The summed E-state index contributed by atoms with van der Waals surface area (Å²) in [5.41, 5.74) is 3.06. The molecule has 6 heteroatoms. The first-order valence-corrected chi connectivity index (χ1v) is 14.1. The first-order valence-electron chi connectivity index (χ1n) is 14.1. The third kappa shape index (κ3) is 6.22. The van der Waals surface area contributed by atoms with Crippen LogP contribution in [0.4, 0.5) is 0 Å². The van der Waals surface area contributed by atoms with E-state index in [9.17, 15) is 9.59 Å². The molecule has 1 unspecified atom stereocenters. The summed E-state index contributed by atoms with van der Waals surface area (Å²) in [7, 11) is 1.61. The van der Waals surface area contributed by atoms with Crippen LogP contribution in [0, 0.1) is 0 Å². The first kappa shape index (κ1) is 28.1. The molecule has 1 amide bonds. The number of nitrogens with zero attached hydrogens (tertiary/aromatic N) is 3. The average Bonchev–Trinajstić information content (AvgIpc) is 2.98. The zero-order chi connectivity index (χ0) is 27.8. The molecule has 204 valence electrons. The van der Waals surface area contributed by atoms with Gasteiger partial charge in [-0.3, -0.25) is 14.2 Å². The Hall–Kier alpha value is -3.93. The predicted molar refractivity (Wildman–Crippen MR) is 158 cm³/mol. The van der Waals surface area contributed by atoms with Crippen molar-refractivity contribution in [1.29, 1.82) is 0 Å². The van der Waals surface area contributed by atoms with Crippen LogP contribution < -0.4 is 10.3 Å². The lowest BCUT2D eigenvalue weighted by molar-refractivity contribution is 0.0654. The number of hydrogen-bond acceptors (Lipinski definition) is 4. The van der Waals surface area contributed by atoms with Crippen LogP contribution >= 0.6 is 0 Å². The van der Waals surface area contributed by atoms with E-state index in [1.165, 1.54) is 5.56 Å². The number of methoxy groups -OCH3 is 1. The van der Waals surface area contributed by atoms with Crippen molar-refractivity contribution in [2.45, 2.75) is 65.3 Å². The molecule has 0 fully saturated rings. The highest BCUT2D eigenvalue weighted by Crippen LogP contribution is 2.29. The minimum atomic E-state index is -0.385. The molecule has 0 spiro atoms. The number of rotatable bonds is 12. The average molecular weight is 526 g/mol. The Bertz CT molecular complexity index is 1440. The quantitative estimate of drug-likeness (QED) is 0.185. The number of unbranched alkanes of at least 4 members (excludes halogenated alkanes) is 3. The number of carbonyl (C=O) groups is 1. The Balaban J connectivity index is 1.87. The van der Waals surface area contributed by atoms with Crippen molar-refractivity contribution in [3.8, 4) is 11.4 Å². The van der Waals surface area contributed by atoms with Crippen molar-refractivity contribution in [2.24, 2.45) is 0 Å². The van der Waals surface area contributed by atoms with Gasteiger partial charge in [0.05, 0.1) is 29.7 Å². The summed E-state index contributed by atoms with van der Waals surface area (Å²) in [4.78, 5) is 34.9. The summed E-state index contributed by atoms with van der Waals surface area (Å²) < 4.78 is 7.01. The van der Waals surface area contributed by atoms with E-state index in [-0.39, 0.29) is 17.5 Å². The van der Waals surface area contributed by atoms with Gasteiger partial charge < -0.3 is 9.64 Å². The van der Waals surface area contributed by atoms with Crippen molar-refractivity contribution >= 4 is 16.8 Å². The topological polar surface area (TPSA) is 64.4 Å².